The number of rotatable bonds is 2. The van der Waals surface area contributed by atoms with E-state index in [0.29, 0.717) is 23.3 Å². The number of carbonyl (C=O) groups is 1. The molecule has 4 heteroatoms. The van der Waals surface area contributed by atoms with E-state index in [4.69, 9.17) is 5.73 Å². The van der Waals surface area contributed by atoms with Crippen LogP contribution in [0.15, 0.2) is 83.2 Å². The molecule has 0 spiro atoms. The van der Waals surface area contributed by atoms with Crippen molar-refractivity contribution in [1.29, 1.82) is 5.26 Å². The Bertz CT molecular complexity index is 1030. The molecule has 1 aliphatic heterocycles. The van der Waals surface area contributed by atoms with Gasteiger partial charge in [-0.15, -0.1) is 0 Å². The third-order valence-corrected chi connectivity index (χ3v) is 5.50. The molecule has 0 saturated carbocycles. The average Bonchev–Trinajstić information content (AvgIpc) is 2.67. The van der Waals surface area contributed by atoms with E-state index in [1.54, 1.807) is 0 Å². The van der Waals surface area contributed by atoms with E-state index in [0.717, 1.165) is 23.4 Å². The standard InChI is InChI=1S/C24H23N3O/c1-24(2)13-19-21(20(28)14-24)22(26)18(15-25)23(16-9-5-3-6-10-16)27(19)17-11-7-4-8-12-17/h3-12,23H,13-14,26H2,1-2H3. The highest BCUT2D eigenvalue weighted by molar-refractivity contribution is 6.03. The number of carbonyl (C=O) groups excluding carboxylic acids is 1. The van der Waals surface area contributed by atoms with E-state index in [9.17, 15) is 10.1 Å². The van der Waals surface area contributed by atoms with Gasteiger partial charge in [-0.2, -0.15) is 5.26 Å². The van der Waals surface area contributed by atoms with Crippen molar-refractivity contribution in [3.05, 3.63) is 88.8 Å². The first-order valence-electron chi connectivity index (χ1n) is 9.48. The van der Waals surface area contributed by atoms with Crippen LogP contribution in [-0.4, -0.2) is 5.78 Å². The molecule has 1 atom stereocenters. The van der Waals surface area contributed by atoms with Crippen molar-refractivity contribution in [2.75, 3.05) is 4.90 Å². The Labute approximate surface area is 165 Å². The number of anilines is 1. The molecule has 0 bridgehead atoms. The molecule has 1 unspecified atom stereocenters. The Morgan fingerprint density at radius 1 is 1.04 bits per heavy atom. The van der Waals surface area contributed by atoms with Gasteiger partial charge < -0.3 is 10.6 Å². The predicted octanol–water partition coefficient (Wildman–Crippen LogP) is 4.63. The zero-order chi connectivity index (χ0) is 19.9. The number of hydrogen-bond donors (Lipinski definition) is 1. The molecule has 1 aliphatic carbocycles. The number of hydrogen-bond acceptors (Lipinski definition) is 4. The van der Waals surface area contributed by atoms with Crippen molar-refractivity contribution >= 4 is 11.5 Å². The number of para-hydroxylation sites is 1. The summed E-state index contributed by atoms with van der Waals surface area (Å²) in [6, 6.07) is 21.8. The van der Waals surface area contributed by atoms with Crippen LogP contribution in [0, 0.1) is 16.7 Å². The second-order valence-corrected chi connectivity index (χ2v) is 8.22. The molecular formula is C24H23N3O. The first kappa shape index (κ1) is 18.1. The van der Waals surface area contributed by atoms with E-state index in [-0.39, 0.29) is 17.2 Å². The normalized spacial score (nSPS) is 21.4. The lowest BCUT2D eigenvalue weighted by molar-refractivity contribution is -0.117. The lowest BCUT2D eigenvalue weighted by Gasteiger charge is -2.45. The third kappa shape index (κ3) is 2.90. The van der Waals surface area contributed by atoms with Crippen LogP contribution in [0.4, 0.5) is 5.69 Å². The van der Waals surface area contributed by atoms with Crippen molar-refractivity contribution in [3.8, 4) is 6.07 Å². The van der Waals surface area contributed by atoms with Crippen LogP contribution < -0.4 is 10.6 Å². The minimum Gasteiger partial charge on any atom is -0.397 e. The maximum atomic E-state index is 13.0. The number of ketones is 1. The molecule has 0 aromatic heterocycles. The third-order valence-electron chi connectivity index (χ3n) is 5.50. The molecule has 2 aromatic carbocycles. The van der Waals surface area contributed by atoms with Crippen LogP contribution in [0.3, 0.4) is 0 Å². The fourth-order valence-corrected chi connectivity index (χ4v) is 4.33. The first-order valence-corrected chi connectivity index (χ1v) is 9.48. The topological polar surface area (TPSA) is 70.1 Å². The molecule has 0 saturated heterocycles. The summed E-state index contributed by atoms with van der Waals surface area (Å²) in [5, 5.41) is 9.99. The van der Waals surface area contributed by atoms with E-state index < -0.39 is 0 Å². The molecule has 2 aliphatic rings. The summed E-state index contributed by atoms with van der Waals surface area (Å²) in [5.74, 6) is 0.0175. The van der Waals surface area contributed by atoms with Crippen LogP contribution in [-0.2, 0) is 4.79 Å². The maximum Gasteiger partial charge on any atom is 0.167 e. The zero-order valence-corrected chi connectivity index (χ0v) is 16.1. The summed E-state index contributed by atoms with van der Waals surface area (Å²) in [5.41, 5.74) is 10.4. The number of nitriles is 1. The summed E-state index contributed by atoms with van der Waals surface area (Å²) >= 11 is 0. The highest BCUT2D eigenvalue weighted by Crippen LogP contribution is 2.49. The minimum atomic E-state index is -0.353. The van der Waals surface area contributed by atoms with Crippen molar-refractivity contribution in [1.82, 2.24) is 0 Å². The van der Waals surface area contributed by atoms with Gasteiger partial charge in [0.25, 0.3) is 0 Å². The van der Waals surface area contributed by atoms with Crippen molar-refractivity contribution < 1.29 is 4.79 Å². The summed E-state index contributed by atoms with van der Waals surface area (Å²) < 4.78 is 0. The first-order chi connectivity index (χ1) is 13.4. The Hall–Kier alpha value is -3.32. The van der Waals surface area contributed by atoms with Crippen LogP contribution in [0.2, 0.25) is 0 Å². The quantitative estimate of drug-likeness (QED) is 0.838. The molecule has 0 amide bonds. The highest BCUT2D eigenvalue weighted by atomic mass is 16.1. The number of benzene rings is 2. The van der Waals surface area contributed by atoms with Gasteiger partial charge in [-0.3, -0.25) is 4.79 Å². The number of allylic oxidation sites excluding steroid dienone is 2. The molecule has 28 heavy (non-hydrogen) atoms. The van der Waals surface area contributed by atoms with Crippen LogP contribution in [0.25, 0.3) is 0 Å². The smallest absolute Gasteiger partial charge is 0.167 e. The second kappa shape index (κ2) is 6.69. The molecule has 2 aromatic rings. The molecule has 2 N–H and O–H groups in total. The van der Waals surface area contributed by atoms with Crippen LogP contribution in [0.1, 0.15) is 38.3 Å². The van der Waals surface area contributed by atoms with Crippen LogP contribution >= 0.6 is 0 Å². The molecule has 4 nitrogen and oxygen atoms in total. The summed E-state index contributed by atoms with van der Waals surface area (Å²) in [4.78, 5) is 15.2. The second-order valence-electron chi connectivity index (χ2n) is 8.22. The van der Waals surface area contributed by atoms with Gasteiger partial charge in [-0.05, 0) is 29.5 Å². The monoisotopic (exact) mass is 369 g/mol. The van der Waals surface area contributed by atoms with Gasteiger partial charge >= 0.3 is 0 Å². The molecule has 0 fully saturated rings. The SMILES string of the molecule is CC1(C)CC(=O)C2=C(C1)N(c1ccccc1)C(c1ccccc1)C(C#N)=C2N. The Morgan fingerprint density at radius 2 is 1.64 bits per heavy atom. The van der Waals surface area contributed by atoms with Gasteiger partial charge in [-0.25, -0.2) is 0 Å². The summed E-state index contributed by atoms with van der Waals surface area (Å²) in [7, 11) is 0. The van der Waals surface area contributed by atoms with E-state index in [1.807, 2.05) is 60.7 Å². The lowest BCUT2D eigenvalue weighted by Crippen LogP contribution is -2.42. The fourth-order valence-electron chi connectivity index (χ4n) is 4.33. The molecule has 1 heterocycles. The molecule has 0 radical (unpaired) electrons. The fraction of sp³-hybridized carbons (Fsp3) is 0.250. The van der Waals surface area contributed by atoms with Crippen molar-refractivity contribution in [2.45, 2.75) is 32.7 Å². The molecule has 4 rings (SSSR count). The van der Waals surface area contributed by atoms with Gasteiger partial charge in [0.1, 0.15) is 0 Å². The Morgan fingerprint density at radius 3 is 2.25 bits per heavy atom. The average molecular weight is 369 g/mol. The van der Waals surface area contributed by atoms with Gasteiger partial charge in [0.2, 0.25) is 0 Å². The van der Waals surface area contributed by atoms with Gasteiger partial charge in [-0.1, -0.05) is 62.4 Å². The summed E-state index contributed by atoms with van der Waals surface area (Å²) in [6.07, 6.45) is 1.16. The largest absolute Gasteiger partial charge is 0.397 e. The minimum absolute atomic E-state index is 0.0175. The lowest BCUT2D eigenvalue weighted by atomic mass is 9.72. The zero-order valence-electron chi connectivity index (χ0n) is 16.1. The van der Waals surface area contributed by atoms with Gasteiger partial charge in [0.15, 0.2) is 5.78 Å². The number of Topliss-reactive ketones (excluding diaryl/α,β-unsaturated/α-hetero) is 1. The maximum absolute atomic E-state index is 13.0. The highest BCUT2D eigenvalue weighted by Gasteiger charge is 2.43. The predicted molar refractivity (Wildman–Crippen MR) is 110 cm³/mol. The number of nitrogens with two attached hydrogens (primary N) is 1. The van der Waals surface area contributed by atoms with E-state index in [2.05, 4.69) is 24.8 Å². The van der Waals surface area contributed by atoms with Crippen molar-refractivity contribution in [2.24, 2.45) is 11.1 Å². The van der Waals surface area contributed by atoms with E-state index >= 15 is 0 Å². The molecular weight excluding hydrogens is 346 g/mol. The van der Waals surface area contributed by atoms with Crippen molar-refractivity contribution in [3.63, 3.8) is 0 Å². The Balaban J connectivity index is 2.02. The molecule has 140 valence electrons. The Kier molecular flexibility index (Phi) is 4.31. The van der Waals surface area contributed by atoms with Gasteiger partial charge in [0.05, 0.1) is 29.0 Å². The summed E-state index contributed by atoms with van der Waals surface area (Å²) in [6.45, 7) is 4.21. The van der Waals surface area contributed by atoms with E-state index in [1.165, 1.54) is 0 Å². The number of nitrogens with zero attached hydrogens (tertiary/aromatic N) is 2. The van der Waals surface area contributed by atoms with Gasteiger partial charge in [0, 0.05) is 17.8 Å². The van der Waals surface area contributed by atoms with Crippen LogP contribution in [0.5, 0.6) is 0 Å².